The van der Waals surface area contributed by atoms with Crippen molar-refractivity contribution in [2.45, 2.75) is 0 Å². The molecule has 0 saturated carbocycles. The topological polar surface area (TPSA) is 34.1 Å². The Hall–Kier alpha value is -1.91. The van der Waals surface area contributed by atoms with Gasteiger partial charge in [0.25, 0.3) is 5.17 Å². The lowest BCUT2D eigenvalue weighted by atomic mass is 10.1. The molecule has 0 radical (unpaired) electrons. The molecule has 5 heteroatoms. The van der Waals surface area contributed by atoms with E-state index < -0.39 is 0 Å². The van der Waals surface area contributed by atoms with Crippen molar-refractivity contribution in [3.63, 3.8) is 0 Å². The number of hydrogen-bond acceptors (Lipinski definition) is 3. The molecule has 0 atom stereocenters. The molecule has 0 fully saturated rings. The molecule has 100 valence electrons. The number of ether oxygens (including phenoxy) is 1. The minimum atomic E-state index is 0.308. The number of hydrogen-bond donors (Lipinski definition) is 1. The molecule has 3 nitrogen and oxygen atoms in total. The summed E-state index contributed by atoms with van der Waals surface area (Å²) in [6, 6.07) is 13.5. The van der Waals surface area contributed by atoms with Crippen LogP contribution >= 0.6 is 23.8 Å². The smallest absolute Gasteiger partial charge is 0.260 e. The van der Waals surface area contributed by atoms with Crippen LogP contribution in [0.1, 0.15) is 0 Å². The lowest BCUT2D eigenvalue weighted by Gasteiger charge is -2.13. The number of halogens is 1. The van der Waals surface area contributed by atoms with E-state index in [0.717, 1.165) is 27.5 Å². The van der Waals surface area contributed by atoms with Gasteiger partial charge in [-0.1, -0.05) is 29.8 Å². The van der Waals surface area contributed by atoms with Crippen molar-refractivity contribution >= 4 is 56.5 Å². The number of nitrogens with zero attached hydrogens (tertiary/aromatic N) is 1. The zero-order valence-corrected chi connectivity index (χ0v) is 12.3. The number of aromatic nitrogens is 1. The number of nitrogens with one attached hydrogen (secondary N) is 1. The fraction of sp³-hybridized carbons (Fsp3) is 0.0667. The first-order valence-corrected chi connectivity index (χ1v) is 6.80. The van der Waals surface area contributed by atoms with Crippen molar-refractivity contribution in [3.8, 4) is 0 Å². The predicted octanol–water partition coefficient (Wildman–Crippen LogP) is 4.38. The second kappa shape index (κ2) is 5.23. The minimum absolute atomic E-state index is 0.308. The number of anilines is 1. The number of para-hydroxylation sites is 1. The summed E-state index contributed by atoms with van der Waals surface area (Å²) in [5.74, 6) is 0. The molecule has 0 bridgehead atoms. The third kappa shape index (κ3) is 2.28. The highest BCUT2D eigenvalue weighted by atomic mass is 35.5. The van der Waals surface area contributed by atoms with Gasteiger partial charge in [-0.25, -0.2) is 4.98 Å². The molecule has 0 aliphatic heterocycles. The number of rotatable bonds is 1. The van der Waals surface area contributed by atoms with Gasteiger partial charge in [0, 0.05) is 15.8 Å². The van der Waals surface area contributed by atoms with Crippen molar-refractivity contribution in [1.82, 2.24) is 4.98 Å². The Morgan fingerprint density at radius 2 is 1.90 bits per heavy atom. The maximum Gasteiger partial charge on any atom is 0.260 e. The molecule has 0 unspecified atom stereocenters. The van der Waals surface area contributed by atoms with Crippen molar-refractivity contribution in [2.75, 3.05) is 12.4 Å². The first kappa shape index (κ1) is 13.1. The van der Waals surface area contributed by atoms with E-state index in [1.807, 2.05) is 42.5 Å². The standard InChI is InChI=1S/C15H11ClN2OS/c1-19-15(20)18-14-10-4-2-3-5-12(10)17-13-7-6-9(16)8-11(13)14/h2-8H,1H3,(H,17,18,20). The number of benzene rings is 2. The van der Waals surface area contributed by atoms with Gasteiger partial charge in [-0.05, 0) is 36.5 Å². The maximum absolute atomic E-state index is 6.09. The zero-order valence-electron chi connectivity index (χ0n) is 10.7. The molecule has 0 saturated heterocycles. The highest BCUT2D eigenvalue weighted by Gasteiger charge is 2.10. The van der Waals surface area contributed by atoms with Crippen molar-refractivity contribution < 1.29 is 4.74 Å². The van der Waals surface area contributed by atoms with Gasteiger partial charge >= 0.3 is 0 Å². The summed E-state index contributed by atoms with van der Waals surface area (Å²) in [6.45, 7) is 0. The summed E-state index contributed by atoms with van der Waals surface area (Å²) in [5.41, 5.74) is 2.61. The highest BCUT2D eigenvalue weighted by Crippen LogP contribution is 2.32. The quantitative estimate of drug-likeness (QED) is 0.534. The molecule has 0 aliphatic rings. The first-order chi connectivity index (χ1) is 9.69. The normalized spacial score (nSPS) is 10.7. The highest BCUT2D eigenvalue weighted by molar-refractivity contribution is 7.80. The van der Waals surface area contributed by atoms with Gasteiger partial charge < -0.3 is 10.1 Å². The first-order valence-electron chi connectivity index (χ1n) is 6.02. The van der Waals surface area contributed by atoms with Crippen LogP contribution in [0.4, 0.5) is 5.69 Å². The second-order valence-electron chi connectivity index (χ2n) is 4.28. The molecule has 2 aromatic carbocycles. The monoisotopic (exact) mass is 302 g/mol. The molecular weight excluding hydrogens is 292 g/mol. The van der Waals surface area contributed by atoms with E-state index in [2.05, 4.69) is 10.3 Å². The number of pyridine rings is 1. The van der Waals surface area contributed by atoms with Crippen LogP contribution in [0.15, 0.2) is 42.5 Å². The van der Waals surface area contributed by atoms with Crippen molar-refractivity contribution in [1.29, 1.82) is 0 Å². The Kier molecular flexibility index (Phi) is 3.42. The molecule has 1 aromatic heterocycles. The Morgan fingerprint density at radius 3 is 2.70 bits per heavy atom. The fourth-order valence-corrected chi connectivity index (χ4v) is 2.43. The van der Waals surface area contributed by atoms with Crippen LogP contribution in [0.5, 0.6) is 0 Å². The SMILES string of the molecule is COC(=S)Nc1c2ccccc2nc2ccc(Cl)cc12. The Labute approximate surface area is 126 Å². The van der Waals surface area contributed by atoms with Crippen molar-refractivity contribution in [2.24, 2.45) is 0 Å². The van der Waals surface area contributed by atoms with Gasteiger partial charge in [-0.3, -0.25) is 0 Å². The van der Waals surface area contributed by atoms with E-state index >= 15 is 0 Å². The molecule has 0 spiro atoms. The van der Waals surface area contributed by atoms with Crippen molar-refractivity contribution in [3.05, 3.63) is 47.5 Å². The lowest BCUT2D eigenvalue weighted by molar-refractivity contribution is 0.413. The van der Waals surface area contributed by atoms with Crippen LogP contribution in [0.25, 0.3) is 21.8 Å². The van der Waals surface area contributed by atoms with E-state index in [9.17, 15) is 0 Å². The lowest BCUT2D eigenvalue weighted by Crippen LogP contribution is -2.11. The third-order valence-corrected chi connectivity index (χ3v) is 3.56. The summed E-state index contributed by atoms with van der Waals surface area (Å²) in [7, 11) is 1.54. The van der Waals surface area contributed by atoms with E-state index in [1.165, 1.54) is 7.11 Å². The fourth-order valence-electron chi connectivity index (χ4n) is 2.15. The molecular formula is C15H11ClN2OS. The summed E-state index contributed by atoms with van der Waals surface area (Å²) >= 11 is 11.2. The predicted molar refractivity (Wildman–Crippen MR) is 87.5 cm³/mol. The van der Waals surface area contributed by atoms with Gasteiger partial charge in [-0.15, -0.1) is 0 Å². The van der Waals surface area contributed by atoms with E-state index in [4.69, 9.17) is 28.6 Å². The summed E-state index contributed by atoms with van der Waals surface area (Å²) in [4.78, 5) is 4.63. The second-order valence-corrected chi connectivity index (χ2v) is 5.09. The van der Waals surface area contributed by atoms with Crippen LogP contribution in [0.3, 0.4) is 0 Å². The molecule has 20 heavy (non-hydrogen) atoms. The largest absolute Gasteiger partial charge is 0.474 e. The molecule has 0 amide bonds. The Bertz CT molecular complexity index is 819. The van der Waals surface area contributed by atoms with Crippen LogP contribution in [0.2, 0.25) is 5.02 Å². The van der Waals surface area contributed by atoms with E-state index in [0.29, 0.717) is 10.2 Å². The molecule has 0 aliphatic carbocycles. The summed E-state index contributed by atoms with van der Waals surface area (Å²) < 4.78 is 5.05. The molecule has 3 aromatic rings. The van der Waals surface area contributed by atoms with Crippen LogP contribution in [0, 0.1) is 0 Å². The van der Waals surface area contributed by atoms with Gasteiger partial charge in [-0.2, -0.15) is 0 Å². The minimum Gasteiger partial charge on any atom is -0.474 e. The van der Waals surface area contributed by atoms with Gasteiger partial charge in [0.2, 0.25) is 0 Å². The van der Waals surface area contributed by atoms with Gasteiger partial charge in [0.1, 0.15) is 0 Å². The van der Waals surface area contributed by atoms with Gasteiger partial charge in [0.05, 0.1) is 23.8 Å². The van der Waals surface area contributed by atoms with E-state index in [1.54, 1.807) is 0 Å². The average Bonchev–Trinajstić information content (AvgIpc) is 2.47. The number of methoxy groups -OCH3 is 1. The molecule has 1 N–H and O–H groups in total. The van der Waals surface area contributed by atoms with Crippen LogP contribution in [-0.4, -0.2) is 17.3 Å². The number of fused-ring (bicyclic) bond motifs is 2. The average molecular weight is 303 g/mol. The van der Waals surface area contributed by atoms with Crippen LogP contribution < -0.4 is 5.32 Å². The number of thiocarbonyl (C=S) groups is 1. The summed E-state index contributed by atoms with van der Waals surface area (Å²) in [6.07, 6.45) is 0. The zero-order chi connectivity index (χ0) is 14.1. The maximum atomic E-state index is 6.09. The summed E-state index contributed by atoms with van der Waals surface area (Å²) in [5, 5.41) is 5.96. The third-order valence-electron chi connectivity index (χ3n) is 3.05. The molecule has 3 rings (SSSR count). The molecule has 1 heterocycles. The van der Waals surface area contributed by atoms with E-state index in [-0.39, 0.29) is 0 Å². The van der Waals surface area contributed by atoms with Crippen LogP contribution in [-0.2, 0) is 4.74 Å². The Balaban J connectivity index is 2.38. The van der Waals surface area contributed by atoms with Gasteiger partial charge in [0.15, 0.2) is 0 Å². The Morgan fingerprint density at radius 1 is 1.15 bits per heavy atom.